The van der Waals surface area contributed by atoms with Crippen molar-refractivity contribution in [1.82, 2.24) is 4.90 Å². The summed E-state index contributed by atoms with van der Waals surface area (Å²) < 4.78 is 18.6. The number of anilines is 3. The molecule has 0 bridgehead atoms. The fraction of sp³-hybridized carbons (Fsp3) is 0.281. The molecule has 0 atom stereocenters. The Morgan fingerprint density at radius 2 is 1.71 bits per heavy atom. The molecule has 0 saturated carbocycles. The van der Waals surface area contributed by atoms with E-state index in [0.717, 1.165) is 49.3 Å². The summed E-state index contributed by atoms with van der Waals surface area (Å²) in [7, 11) is 1.30. The lowest BCUT2D eigenvalue weighted by Crippen LogP contribution is -2.41. The van der Waals surface area contributed by atoms with Gasteiger partial charge in [0.15, 0.2) is 0 Å². The molecule has 0 spiro atoms. The van der Waals surface area contributed by atoms with E-state index in [4.69, 9.17) is 4.74 Å². The first-order valence-corrected chi connectivity index (χ1v) is 13.9. The zero-order valence-electron chi connectivity index (χ0n) is 22.8. The van der Waals surface area contributed by atoms with Crippen molar-refractivity contribution in [3.8, 4) is 0 Å². The predicted molar refractivity (Wildman–Crippen MR) is 156 cm³/mol. The van der Waals surface area contributed by atoms with E-state index in [2.05, 4.69) is 15.5 Å². The first kappa shape index (κ1) is 26.7. The number of ether oxygens (including phenoxy) is 1. The minimum atomic E-state index is -0.502. The second kappa shape index (κ2) is 11.2. The molecule has 3 aliphatic heterocycles. The number of methoxy groups -OCH3 is 1. The third-order valence-corrected chi connectivity index (χ3v) is 7.92. The van der Waals surface area contributed by atoms with Gasteiger partial charge in [-0.1, -0.05) is 12.5 Å². The van der Waals surface area contributed by atoms with E-state index < -0.39 is 5.97 Å². The Morgan fingerprint density at radius 3 is 2.46 bits per heavy atom. The van der Waals surface area contributed by atoms with Crippen LogP contribution in [0.25, 0.3) is 11.3 Å². The number of fused-ring (bicyclic) bond motifs is 2. The highest BCUT2D eigenvalue weighted by molar-refractivity contribution is 6.37. The van der Waals surface area contributed by atoms with Crippen molar-refractivity contribution in [2.24, 2.45) is 0 Å². The van der Waals surface area contributed by atoms with Gasteiger partial charge < -0.3 is 20.3 Å². The molecule has 6 rings (SSSR count). The Bertz CT molecular complexity index is 1560. The maximum absolute atomic E-state index is 13.8. The van der Waals surface area contributed by atoms with Gasteiger partial charge in [0.1, 0.15) is 5.82 Å². The van der Waals surface area contributed by atoms with Crippen molar-refractivity contribution in [2.75, 3.05) is 48.8 Å². The minimum Gasteiger partial charge on any atom is -0.465 e. The van der Waals surface area contributed by atoms with E-state index in [1.165, 1.54) is 25.7 Å². The number of nitrogens with one attached hydrogen (secondary N) is 2. The highest BCUT2D eigenvalue weighted by Crippen LogP contribution is 2.39. The summed E-state index contributed by atoms with van der Waals surface area (Å²) in [6.45, 7) is 3.01. The Morgan fingerprint density at radius 1 is 0.951 bits per heavy atom. The van der Waals surface area contributed by atoms with Crippen molar-refractivity contribution < 1.29 is 23.5 Å². The van der Waals surface area contributed by atoms with Crippen LogP contribution < -0.4 is 15.5 Å². The number of nitrogens with zero attached hydrogens (tertiary/aromatic N) is 2. The van der Waals surface area contributed by atoms with Crippen molar-refractivity contribution >= 4 is 46.1 Å². The van der Waals surface area contributed by atoms with Crippen molar-refractivity contribution in [1.29, 1.82) is 0 Å². The van der Waals surface area contributed by atoms with Crippen molar-refractivity contribution in [3.63, 3.8) is 0 Å². The SMILES string of the molecule is COC(=O)c1ccc2c(c1)NC(=O)/C2=C(\Nc1ccc2c(c1)CCN2C(=O)CN1CCCCC1)c1ccc(F)cc1. The van der Waals surface area contributed by atoms with Crippen LogP contribution in [0.2, 0.25) is 0 Å². The van der Waals surface area contributed by atoms with Gasteiger partial charge in [-0.3, -0.25) is 14.5 Å². The highest BCUT2D eigenvalue weighted by Gasteiger charge is 2.30. The van der Waals surface area contributed by atoms with Gasteiger partial charge in [0.25, 0.3) is 5.91 Å². The largest absolute Gasteiger partial charge is 0.465 e. The summed E-state index contributed by atoms with van der Waals surface area (Å²) >= 11 is 0. The molecular weight excluding hydrogens is 523 g/mol. The third-order valence-electron chi connectivity index (χ3n) is 7.92. The smallest absolute Gasteiger partial charge is 0.337 e. The van der Waals surface area contributed by atoms with Crippen LogP contribution in [0, 0.1) is 5.82 Å². The average Bonchev–Trinajstić information content (AvgIpc) is 3.56. The van der Waals surface area contributed by atoms with Crippen LogP contribution in [0.4, 0.5) is 21.5 Å². The van der Waals surface area contributed by atoms with E-state index in [0.29, 0.717) is 46.7 Å². The fourth-order valence-corrected chi connectivity index (χ4v) is 5.84. The number of likely N-dealkylation sites (tertiary alicyclic amines) is 1. The molecule has 0 unspecified atom stereocenters. The number of carbonyl (C=O) groups excluding carboxylic acids is 3. The van der Waals surface area contributed by atoms with Gasteiger partial charge in [-0.25, -0.2) is 9.18 Å². The summed E-state index contributed by atoms with van der Waals surface area (Å²) in [6, 6.07) is 16.7. The zero-order valence-corrected chi connectivity index (χ0v) is 22.8. The summed E-state index contributed by atoms with van der Waals surface area (Å²) in [4.78, 5) is 42.5. The molecule has 0 aliphatic carbocycles. The molecule has 2 amide bonds. The molecular formula is C32H31FN4O4. The van der Waals surface area contributed by atoms with Crippen LogP contribution in [0.15, 0.2) is 60.7 Å². The maximum atomic E-state index is 13.8. The molecule has 3 aliphatic rings. The molecule has 1 fully saturated rings. The van der Waals surface area contributed by atoms with E-state index in [1.54, 1.807) is 30.3 Å². The number of hydrogen-bond donors (Lipinski definition) is 2. The topological polar surface area (TPSA) is 91.0 Å². The fourth-order valence-electron chi connectivity index (χ4n) is 5.84. The summed E-state index contributed by atoms with van der Waals surface area (Å²) in [5, 5.41) is 6.25. The Labute approximate surface area is 237 Å². The molecule has 1 saturated heterocycles. The first-order valence-electron chi connectivity index (χ1n) is 13.9. The number of hydrogen-bond acceptors (Lipinski definition) is 6. The summed E-state index contributed by atoms with van der Waals surface area (Å²) in [6.07, 6.45) is 4.24. The van der Waals surface area contributed by atoms with Gasteiger partial charge >= 0.3 is 5.97 Å². The summed E-state index contributed by atoms with van der Waals surface area (Å²) in [5.74, 6) is -1.11. The van der Waals surface area contributed by atoms with Crippen LogP contribution in [-0.4, -0.2) is 56.0 Å². The monoisotopic (exact) mass is 554 g/mol. The van der Waals surface area contributed by atoms with Crippen molar-refractivity contribution in [2.45, 2.75) is 25.7 Å². The second-order valence-electron chi connectivity index (χ2n) is 10.6. The normalized spacial score (nSPS) is 17.5. The first-order chi connectivity index (χ1) is 19.9. The van der Waals surface area contributed by atoms with Gasteiger partial charge in [-0.05, 0) is 98.1 Å². The standard InChI is InChI=1S/C32H31FN4O4/c1-41-32(40)22-7-11-25-26(18-22)35-31(39)29(25)30(20-5-8-23(33)9-6-20)34-24-10-12-27-21(17-24)13-16-37(27)28(38)19-36-14-3-2-4-15-36/h5-12,17-18,34H,2-4,13-16,19H2,1H3,(H,35,39)/b30-29-. The van der Waals surface area contributed by atoms with Crippen LogP contribution in [0.5, 0.6) is 0 Å². The number of amides is 2. The second-order valence-corrected chi connectivity index (χ2v) is 10.6. The van der Waals surface area contributed by atoms with Crippen LogP contribution in [0.1, 0.15) is 46.3 Å². The number of rotatable bonds is 6. The van der Waals surface area contributed by atoms with Gasteiger partial charge in [-0.2, -0.15) is 0 Å². The number of halogens is 1. The van der Waals surface area contributed by atoms with Gasteiger partial charge in [0.2, 0.25) is 5.91 Å². The number of esters is 1. The summed E-state index contributed by atoms with van der Waals surface area (Å²) in [5.41, 5.74) is 5.63. The molecule has 41 heavy (non-hydrogen) atoms. The maximum Gasteiger partial charge on any atom is 0.337 e. The van der Waals surface area contributed by atoms with Crippen LogP contribution in [-0.2, 0) is 20.7 Å². The van der Waals surface area contributed by atoms with Gasteiger partial charge in [0, 0.05) is 23.5 Å². The molecule has 8 nitrogen and oxygen atoms in total. The van der Waals surface area contributed by atoms with E-state index in [-0.39, 0.29) is 17.6 Å². The minimum absolute atomic E-state index is 0.117. The molecule has 3 aromatic carbocycles. The molecule has 3 aromatic rings. The third kappa shape index (κ3) is 5.32. The molecule has 9 heteroatoms. The Balaban J connectivity index is 1.32. The van der Waals surface area contributed by atoms with Crippen LogP contribution in [0.3, 0.4) is 0 Å². The van der Waals surface area contributed by atoms with Gasteiger partial charge in [-0.15, -0.1) is 0 Å². The van der Waals surface area contributed by atoms with Crippen molar-refractivity contribution in [3.05, 3.63) is 88.7 Å². The predicted octanol–water partition coefficient (Wildman–Crippen LogP) is 4.92. The lowest BCUT2D eigenvalue weighted by Gasteiger charge is -2.28. The van der Waals surface area contributed by atoms with E-state index in [9.17, 15) is 18.8 Å². The van der Waals surface area contributed by atoms with Crippen LogP contribution >= 0.6 is 0 Å². The van der Waals surface area contributed by atoms with Gasteiger partial charge in [0.05, 0.1) is 36.2 Å². The highest BCUT2D eigenvalue weighted by atomic mass is 19.1. The molecule has 0 aromatic heterocycles. The average molecular weight is 555 g/mol. The Hall–Kier alpha value is -4.50. The Kier molecular flexibility index (Phi) is 7.28. The molecule has 2 N–H and O–H groups in total. The van der Waals surface area contributed by atoms with E-state index >= 15 is 0 Å². The lowest BCUT2D eigenvalue weighted by atomic mass is 9.98. The number of benzene rings is 3. The quantitative estimate of drug-likeness (QED) is 0.332. The molecule has 210 valence electrons. The lowest BCUT2D eigenvalue weighted by molar-refractivity contribution is -0.119. The zero-order chi connectivity index (χ0) is 28.5. The number of carbonyl (C=O) groups is 3. The molecule has 3 heterocycles. The number of piperidine rings is 1. The van der Waals surface area contributed by atoms with E-state index in [1.807, 2.05) is 23.1 Å². The molecule has 0 radical (unpaired) electrons.